The number of carbonyl (C=O) groups is 1. The summed E-state index contributed by atoms with van der Waals surface area (Å²) < 4.78 is 10.3. The van der Waals surface area contributed by atoms with Crippen LogP contribution in [0.2, 0.25) is 0 Å². The number of nitrogens with zero attached hydrogens (tertiary/aromatic N) is 2. The molecule has 1 aromatic heterocycles. The predicted octanol–water partition coefficient (Wildman–Crippen LogP) is 2.66. The number of hydrogen-bond acceptors (Lipinski definition) is 6. The first-order chi connectivity index (χ1) is 11.5. The van der Waals surface area contributed by atoms with Crippen molar-refractivity contribution in [2.24, 2.45) is 0 Å². The zero-order chi connectivity index (χ0) is 17.5. The molecule has 0 unspecified atom stereocenters. The van der Waals surface area contributed by atoms with Crippen molar-refractivity contribution >= 4 is 23.5 Å². The molecule has 0 saturated heterocycles. The molecule has 2 rings (SSSR count). The van der Waals surface area contributed by atoms with Crippen LogP contribution in [0.1, 0.15) is 5.56 Å². The van der Waals surface area contributed by atoms with Crippen molar-refractivity contribution in [1.82, 2.24) is 4.98 Å². The van der Waals surface area contributed by atoms with E-state index in [2.05, 4.69) is 10.3 Å². The largest absolute Gasteiger partial charge is 0.493 e. The van der Waals surface area contributed by atoms with E-state index in [1.54, 1.807) is 24.3 Å². The van der Waals surface area contributed by atoms with Gasteiger partial charge in [-0.25, -0.2) is 4.98 Å². The van der Waals surface area contributed by atoms with Gasteiger partial charge in [-0.3, -0.25) is 14.9 Å². The number of anilines is 1. The summed E-state index contributed by atoms with van der Waals surface area (Å²) in [5.74, 6) is 0.958. The molecule has 0 radical (unpaired) electrons. The van der Waals surface area contributed by atoms with Crippen LogP contribution in [0, 0.1) is 10.1 Å². The molecule has 0 saturated carbocycles. The molecule has 24 heavy (non-hydrogen) atoms. The minimum Gasteiger partial charge on any atom is -0.493 e. The van der Waals surface area contributed by atoms with E-state index >= 15 is 0 Å². The number of pyridine rings is 1. The maximum Gasteiger partial charge on any atom is 0.287 e. The molecule has 1 heterocycles. The summed E-state index contributed by atoms with van der Waals surface area (Å²) >= 11 is 0. The van der Waals surface area contributed by atoms with E-state index in [0.717, 1.165) is 11.8 Å². The molecular weight excluding hydrogens is 314 g/mol. The van der Waals surface area contributed by atoms with Gasteiger partial charge in [-0.15, -0.1) is 0 Å². The van der Waals surface area contributed by atoms with Gasteiger partial charge >= 0.3 is 0 Å². The first kappa shape index (κ1) is 16.9. The normalized spacial score (nSPS) is 10.4. The molecule has 0 aliphatic rings. The molecule has 8 heteroatoms. The smallest absolute Gasteiger partial charge is 0.287 e. The molecule has 0 atom stereocenters. The van der Waals surface area contributed by atoms with Gasteiger partial charge in [-0.1, -0.05) is 6.07 Å². The molecule has 0 aliphatic heterocycles. The van der Waals surface area contributed by atoms with Crippen LogP contribution in [0.4, 0.5) is 11.5 Å². The zero-order valence-electron chi connectivity index (χ0n) is 13.1. The second kappa shape index (κ2) is 7.73. The standard InChI is InChI=1S/C16H15N3O5/c1-23-13-6-3-11(9-14(13)24-2)4-8-16(20)18-15-7-5-12(10-17-15)19(21)22/h3-10H,1-2H3,(H,17,18,20). The summed E-state index contributed by atoms with van der Waals surface area (Å²) in [7, 11) is 3.07. The number of nitro groups is 1. The molecule has 124 valence electrons. The summed E-state index contributed by atoms with van der Waals surface area (Å²) in [6.07, 6.45) is 4.00. The Kier molecular flexibility index (Phi) is 5.45. The highest BCUT2D eigenvalue weighted by Crippen LogP contribution is 2.27. The van der Waals surface area contributed by atoms with Crippen LogP contribution in [0.25, 0.3) is 6.08 Å². The van der Waals surface area contributed by atoms with E-state index in [0.29, 0.717) is 11.5 Å². The number of carbonyl (C=O) groups excluding carboxylic acids is 1. The average molecular weight is 329 g/mol. The Hall–Kier alpha value is -3.42. The minimum atomic E-state index is -0.560. The van der Waals surface area contributed by atoms with E-state index in [9.17, 15) is 14.9 Å². The van der Waals surface area contributed by atoms with Crippen molar-refractivity contribution in [3.63, 3.8) is 0 Å². The van der Waals surface area contributed by atoms with E-state index in [4.69, 9.17) is 9.47 Å². The van der Waals surface area contributed by atoms with Crippen LogP contribution in [-0.4, -0.2) is 30.0 Å². The molecule has 0 spiro atoms. The van der Waals surface area contributed by atoms with E-state index in [1.165, 1.54) is 32.4 Å². The molecule has 0 fully saturated rings. The Balaban J connectivity index is 2.03. The topological polar surface area (TPSA) is 104 Å². The first-order valence-corrected chi connectivity index (χ1v) is 6.85. The third kappa shape index (κ3) is 4.29. The Labute approximate surface area is 137 Å². The van der Waals surface area contributed by atoms with Gasteiger partial charge in [-0.2, -0.15) is 0 Å². The summed E-state index contributed by atoms with van der Waals surface area (Å²) in [5.41, 5.74) is 0.605. The highest BCUT2D eigenvalue weighted by molar-refractivity contribution is 6.01. The molecular formula is C16H15N3O5. The highest BCUT2D eigenvalue weighted by atomic mass is 16.6. The molecule has 8 nitrogen and oxygen atoms in total. The number of amides is 1. The molecule has 1 N–H and O–H groups in total. The zero-order valence-corrected chi connectivity index (χ0v) is 13.1. The number of nitrogens with one attached hydrogen (secondary N) is 1. The lowest BCUT2D eigenvalue weighted by molar-refractivity contribution is -0.385. The maximum absolute atomic E-state index is 11.9. The Bertz CT molecular complexity index is 772. The first-order valence-electron chi connectivity index (χ1n) is 6.85. The van der Waals surface area contributed by atoms with Crippen molar-refractivity contribution < 1.29 is 19.2 Å². The molecule has 1 aromatic carbocycles. The van der Waals surface area contributed by atoms with E-state index in [1.807, 2.05) is 0 Å². The van der Waals surface area contributed by atoms with Crippen LogP contribution < -0.4 is 14.8 Å². The number of hydrogen-bond donors (Lipinski definition) is 1. The minimum absolute atomic E-state index is 0.145. The monoisotopic (exact) mass is 329 g/mol. The Morgan fingerprint density at radius 3 is 2.54 bits per heavy atom. The fourth-order valence-electron chi connectivity index (χ4n) is 1.86. The lowest BCUT2D eigenvalue weighted by Gasteiger charge is -2.07. The average Bonchev–Trinajstić information content (AvgIpc) is 2.60. The van der Waals surface area contributed by atoms with Gasteiger partial charge in [0.05, 0.1) is 19.1 Å². The second-order valence-corrected chi connectivity index (χ2v) is 4.60. The van der Waals surface area contributed by atoms with Crippen LogP contribution in [0.3, 0.4) is 0 Å². The van der Waals surface area contributed by atoms with Gasteiger partial charge in [-0.05, 0) is 29.8 Å². The number of rotatable bonds is 6. The molecule has 2 aromatic rings. The van der Waals surface area contributed by atoms with Gasteiger partial charge < -0.3 is 14.8 Å². The summed E-state index contributed by atoms with van der Waals surface area (Å²) in [6, 6.07) is 7.86. The fourth-order valence-corrected chi connectivity index (χ4v) is 1.86. The van der Waals surface area contributed by atoms with Gasteiger partial charge in [0.2, 0.25) is 5.91 Å². The summed E-state index contributed by atoms with van der Waals surface area (Å²) in [6.45, 7) is 0. The van der Waals surface area contributed by atoms with Crippen LogP contribution in [0.5, 0.6) is 11.5 Å². The van der Waals surface area contributed by atoms with Crippen molar-refractivity contribution in [3.8, 4) is 11.5 Å². The summed E-state index contributed by atoms with van der Waals surface area (Å²) in [5, 5.41) is 13.1. The third-order valence-corrected chi connectivity index (χ3v) is 3.04. The van der Waals surface area contributed by atoms with Crippen LogP contribution in [0.15, 0.2) is 42.6 Å². The number of benzene rings is 1. The SMILES string of the molecule is COc1ccc(C=CC(=O)Nc2ccc([N+](=O)[O-])cn2)cc1OC. The van der Waals surface area contributed by atoms with E-state index < -0.39 is 10.8 Å². The molecule has 0 aliphatic carbocycles. The van der Waals surface area contributed by atoms with E-state index in [-0.39, 0.29) is 11.5 Å². The highest BCUT2D eigenvalue weighted by Gasteiger charge is 2.07. The lowest BCUT2D eigenvalue weighted by Crippen LogP contribution is -2.09. The molecule has 0 bridgehead atoms. The number of ether oxygens (including phenoxy) is 2. The number of methoxy groups -OCH3 is 2. The lowest BCUT2D eigenvalue weighted by atomic mass is 10.2. The second-order valence-electron chi connectivity index (χ2n) is 4.60. The fraction of sp³-hybridized carbons (Fsp3) is 0.125. The van der Waals surface area contributed by atoms with Crippen molar-refractivity contribution in [2.45, 2.75) is 0 Å². The van der Waals surface area contributed by atoms with Gasteiger partial charge in [0.15, 0.2) is 11.5 Å². The predicted molar refractivity (Wildman–Crippen MR) is 88.1 cm³/mol. The molecule has 1 amide bonds. The maximum atomic E-state index is 11.9. The number of aromatic nitrogens is 1. The van der Waals surface area contributed by atoms with Gasteiger partial charge in [0.25, 0.3) is 5.69 Å². The Morgan fingerprint density at radius 2 is 1.96 bits per heavy atom. The van der Waals surface area contributed by atoms with Crippen LogP contribution in [-0.2, 0) is 4.79 Å². The van der Waals surface area contributed by atoms with Crippen molar-refractivity contribution in [3.05, 3.63) is 58.3 Å². The van der Waals surface area contributed by atoms with Crippen LogP contribution >= 0.6 is 0 Å². The Morgan fingerprint density at radius 1 is 1.21 bits per heavy atom. The van der Waals surface area contributed by atoms with Gasteiger partial charge in [0.1, 0.15) is 12.0 Å². The van der Waals surface area contributed by atoms with Crippen molar-refractivity contribution in [2.75, 3.05) is 19.5 Å². The third-order valence-electron chi connectivity index (χ3n) is 3.04. The van der Waals surface area contributed by atoms with Crippen molar-refractivity contribution in [1.29, 1.82) is 0 Å². The summed E-state index contributed by atoms with van der Waals surface area (Å²) in [4.78, 5) is 25.6. The van der Waals surface area contributed by atoms with Gasteiger partial charge in [0, 0.05) is 12.1 Å². The quantitative estimate of drug-likeness (QED) is 0.496.